The van der Waals surface area contributed by atoms with E-state index in [2.05, 4.69) is 24.3 Å². The second-order valence-electron chi connectivity index (χ2n) is 12.1. The molecule has 1 N–H and O–H groups in total. The molecule has 0 bridgehead atoms. The standard InChI is InChI=1S/C28H43N3O5/c1-5-19-23(31-36-18-10-13-29-15-18)9-12-28(16-35-17(2)32)22-8-11-27(3)21(6-7-25(27)33)20(22)14-24(26(19)28)30-34-4/h18-22,26,29H,5-16H2,1-4H3/b30-24+,31-23+. The molecule has 0 aromatic carbocycles. The average molecular weight is 502 g/mol. The highest BCUT2D eigenvalue weighted by atomic mass is 16.6. The molecule has 8 atom stereocenters. The van der Waals surface area contributed by atoms with Crippen LogP contribution in [0.15, 0.2) is 10.3 Å². The van der Waals surface area contributed by atoms with E-state index in [4.69, 9.17) is 19.6 Å². The van der Waals surface area contributed by atoms with E-state index in [0.717, 1.165) is 75.9 Å². The first-order valence-corrected chi connectivity index (χ1v) is 14.0. The van der Waals surface area contributed by atoms with Crippen LogP contribution in [0.1, 0.15) is 78.6 Å². The fourth-order valence-corrected chi connectivity index (χ4v) is 8.86. The number of nitrogens with zero attached hydrogens (tertiary/aromatic N) is 2. The highest BCUT2D eigenvalue weighted by Gasteiger charge is 2.65. The van der Waals surface area contributed by atoms with Gasteiger partial charge in [0.15, 0.2) is 0 Å². The van der Waals surface area contributed by atoms with Gasteiger partial charge >= 0.3 is 5.97 Å². The first-order valence-electron chi connectivity index (χ1n) is 14.0. The summed E-state index contributed by atoms with van der Waals surface area (Å²) < 4.78 is 5.86. The summed E-state index contributed by atoms with van der Waals surface area (Å²) in [6.45, 7) is 8.11. The molecule has 0 aromatic heterocycles. The zero-order valence-electron chi connectivity index (χ0n) is 22.4. The third-order valence-electron chi connectivity index (χ3n) is 10.5. The van der Waals surface area contributed by atoms with Gasteiger partial charge in [-0.1, -0.05) is 24.2 Å². The van der Waals surface area contributed by atoms with Gasteiger partial charge in [-0.3, -0.25) is 9.59 Å². The van der Waals surface area contributed by atoms with Crippen LogP contribution in [0, 0.1) is 40.4 Å². The van der Waals surface area contributed by atoms with Gasteiger partial charge in [-0.2, -0.15) is 0 Å². The number of nitrogens with one attached hydrogen (secondary N) is 1. The zero-order chi connectivity index (χ0) is 25.5. The number of Topliss-reactive ketones (excluding diaryl/α,β-unsaturated/α-hetero) is 1. The molecular weight excluding hydrogens is 458 g/mol. The fraction of sp³-hybridized carbons (Fsp3) is 0.857. The minimum absolute atomic E-state index is 0.0855. The van der Waals surface area contributed by atoms with E-state index in [1.54, 1.807) is 7.11 Å². The maximum absolute atomic E-state index is 13.0. The highest BCUT2D eigenvalue weighted by Crippen LogP contribution is 2.66. The minimum atomic E-state index is -0.239. The van der Waals surface area contributed by atoms with E-state index in [9.17, 15) is 9.59 Å². The number of esters is 1. The van der Waals surface area contributed by atoms with Gasteiger partial charge < -0.3 is 19.7 Å². The summed E-state index contributed by atoms with van der Waals surface area (Å²) in [5.41, 5.74) is 1.69. The normalized spacial score (nSPS) is 44.2. The lowest BCUT2D eigenvalue weighted by atomic mass is 9.42. The number of fused-ring (bicyclic) bond motifs is 5. The predicted molar refractivity (Wildman–Crippen MR) is 136 cm³/mol. The van der Waals surface area contributed by atoms with Crippen LogP contribution in [0.25, 0.3) is 0 Å². The van der Waals surface area contributed by atoms with Crippen LogP contribution in [0.2, 0.25) is 0 Å². The highest BCUT2D eigenvalue weighted by molar-refractivity contribution is 5.97. The lowest BCUT2D eigenvalue weighted by molar-refractivity contribution is -0.156. The van der Waals surface area contributed by atoms with Gasteiger partial charge in [-0.25, -0.2) is 0 Å². The maximum atomic E-state index is 13.0. The molecule has 5 fully saturated rings. The largest absolute Gasteiger partial charge is 0.465 e. The smallest absolute Gasteiger partial charge is 0.302 e. The van der Waals surface area contributed by atoms with E-state index < -0.39 is 0 Å². The summed E-state index contributed by atoms with van der Waals surface area (Å²) >= 11 is 0. The van der Waals surface area contributed by atoms with Gasteiger partial charge in [-0.15, -0.1) is 0 Å². The van der Waals surface area contributed by atoms with Crippen LogP contribution in [0.5, 0.6) is 0 Å². The van der Waals surface area contributed by atoms with Crippen LogP contribution in [0.3, 0.4) is 0 Å². The summed E-state index contributed by atoms with van der Waals surface area (Å²) in [6, 6.07) is 0. The number of ketones is 1. The van der Waals surface area contributed by atoms with Gasteiger partial charge in [-0.05, 0) is 69.2 Å². The number of hydrogen-bond acceptors (Lipinski definition) is 8. The Morgan fingerprint density at radius 2 is 1.94 bits per heavy atom. The molecule has 0 radical (unpaired) electrons. The molecule has 0 amide bonds. The zero-order valence-corrected chi connectivity index (χ0v) is 22.4. The number of carbonyl (C=O) groups excluding carboxylic acids is 2. The number of oxime groups is 2. The summed E-state index contributed by atoms with van der Waals surface area (Å²) in [6.07, 6.45) is 8.14. The molecule has 8 unspecified atom stereocenters. The van der Waals surface area contributed by atoms with E-state index in [0.29, 0.717) is 36.6 Å². The van der Waals surface area contributed by atoms with Crippen molar-refractivity contribution in [1.29, 1.82) is 0 Å². The number of ether oxygens (including phenoxy) is 1. The van der Waals surface area contributed by atoms with Crippen molar-refractivity contribution >= 4 is 23.2 Å². The summed E-state index contributed by atoms with van der Waals surface area (Å²) in [7, 11) is 1.62. The summed E-state index contributed by atoms with van der Waals surface area (Å²) in [5.74, 6) is 1.53. The maximum Gasteiger partial charge on any atom is 0.302 e. The third kappa shape index (κ3) is 4.17. The average Bonchev–Trinajstić information content (AvgIpc) is 3.49. The van der Waals surface area contributed by atoms with Crippen molar-refractivity contribution in [2.45, 2.75) is 84.7 Å². The monoisotopic (exact) mass is 501 g/mol. The molecule has 0 spiro atoms. The topological polar surface area (TPSA) is 98.6 Å². The number of hydrogen-bond donors (Lipinski definition) is 1. The first-order chi connectivity index (χ1) is 17.3. The molecule has 200 valence electrons. The van der Waals surface area contributed by atoms with Gasteiger partial charge in [0.1, 0.15) is 19.0 Å². The Morgan fingerprint density at radius 1 is 1.11 bits per heavy atom. The summed E-state index contributed by atoms with van der Waals surface area (Å²) in [4.78, 5) is 36.5. The van der Waals surface area contributed by atoms with E-state index >= 15 is 0 Å². The molecule has 1 saturated heterocycles. The molecule has 4 aliphatic carbocycles. The third-order valence-corrected chi connectivity index (χ3v) is 10.5. The lowest BCUT2D eigenvalue weighted by Gasteiger charge is -2.61. The molecular formula is C28H43N3O5. The van der Waals surface area contributed by atoms with Crippen LogP contribution in [0.4, 0.5) is 0 Å². The van der Waals surface area contributed by atoms with Crippen molar-refractivity contribution in [3.63, 3.8) is 0 Å². The Morgan fingerprint density at radius 3 is 2.64 bits per heavy atom. The SMILES string of the molecule is CCC1/C(=N/OC2CCNC2)CCC2(COC(C)=O)C3CCC4(C)C(=O)CCC4C3C/C(=N\OC)C12. The van der Waals surface area contributed by atoms with Crippen molar-refractivity contribution in [2.75, 3.05) is 26.8 Å². The van der Waals surface area contributed by atoms with E-state index in [-0.39, 0.29) is 34.7 Å². The molecule has 1 aliphatic heterocycles. The minimum Gasteiger partial charge on any atom is -0.465 e. The molecule has 4 saturated carbocycles. The predicted octanol–water partition coefficient (Wildman–Crippen LogP) is 4.12. The second-order valence-corrected chi connectivity index (χ2v) is 12.1. The fourth-order valence-electron chi connectivity index (χ4n) is 8.86. The van der Waals surface area contributed by atoms with Crippen molar-refractivity contribution in [1.82, 2.24) is 5.32 Å². The summed E-state index contributed by atoms with van der Waals surface area (Å²) in [5, 5.41) is 12.7. The van der Waals surface area contributed by atoms with Gasteiger partial charge in [0.25, 0.3) is 0 Å². The van der Waals surface area contributed by atoms with Crippen LogP contribution < -0.4 is 5.32 Å². The van der Waals surface area contributed by atoms with E-state index in [1.807, 2.05) is 0 Å². The van der Waals surface area contributed by atoms with Crippen molar-refractivity contribution < 1.29 is 24.0 Å². The van der Waals surface area contributed by atoms with Gasteiger partial charge in [0, 0.05) is 49.0 Å². The Bertz CT molecular complexity index is 928. The second kappa shape index (κ2) is 10.1. The quantitative estimate of drug-likeness (QED) is 0.434. The van der Waals surface area contributed by atoms with Crippen molar-refractivity contribution in [2.24, 2.45) is 50.7 Å². The Kier molecular flexibility index (Phi) is 7.18. The molecule has 8 heteroatoms. The number of carbonyl (C=O) groups is 2. The molecule has 5 aliphatic rings. The van der Waals surface area contributed by atoms with Gasteiger partial charge in [0.05, 0.1) is 18.0 Å². The molecule has 5 rings (SSSR count). The van der Waals surface area contributed by atoms with Crippen molar-refractivity contribution in [3.8, 4) is 0 Å². The number of rotatable bonds is 6. The van der Waals surface area contributed by atoms with Crippen LogP contribution in [-0.2, 0) is 24.0 Å². The molecule has 8 nitrogen and oxygen atoms in total. The molecule has 0 aromatic rings. The van der Waals surface area contributed by atoms with Crippen molar-refractivity contribution in [3.05, 3.63) is 0 Å². The van der Waals surface area contributed by atoms with E-state index in [1.165, 1.54) is 6.92 Å². The first kappa shape index (κ1) is 25.7. The van der Waals surface area contributed by atoms with Crippen LogP contribution >= 0.6 is 0 Å². The Balaban J connectivity index is 1.54. The van der Waals surface area contributed by atoms with Gasteiger partial charge in [0.2, 0.25) is 0 Å². The van der Waals surface area contributed by atoms with Crippen LogP contribution in [-0.4, -0.2) is 56.1 Å². The molecule has 36 heavy (non-hydrogen) atoms. The lowest BCUT2D eigenvalue weighted by Crippen LogP contribution is -2.62. The molecule has 1 heterocycles. The Hall–Kier alpha value is -1.96. The Labute approximate surface area is 214 Å².